The van der Waals surface area contributed by atoms with Gasteiger partial charge in [0, 0.05) is 18.3 Å². The van der Waals surface area contributed by atoms with Gasteiger partial charge >= 0.3 is 0 Å². The lowest BCUT2D eigenvalue weighted by Gasteiger charge is -1.95. The highest BCUT2D eigenvalue weighted by atomic mass is 14.7. The summed E-state index contributed by atoms with van der Waals surface area (Å²) in [6.45, 7) is 0.569. The van der Waals surface area contributed by atoms with E-state index in [-0.39, 0.29) is 0 Å². The van der Waals surface area contributed by atoms with Gasteiger partial charge in [-0.25, -0.2) is 0 Å². The van der Waals surface area contributed by atoms with Gasteiger partial charge in [0.1, 0.15) is 0 Å². The van der Waals surface area contributed by atoms with Crippen LogP contribution in [0.3, 0.4) is 0 Å². The van der Waals surface area contributed by atoms with Gasteiger partial charge in [-0.3, -0.25) is 4.99 Å². The zero-order chi connectivity index (χ0) is 12.3. The molecule has 0 unspecified atom stereocenters. The summed E-state index contributed by atoms with van der Waals surface area (Å²) in [5.41, 5.74) is 7.03. The van der Waals surface area contributed by atoms with E-state index in [2.05, 4.69) is 11.1 Å². The molecule has 1 aliphatic rings. The topological polar surface area (TPSA) is 62.2 Å². The van der Waals surface area contributed by atoms with Crippen molar-refractivity contribution in [3.8, 4) is 6.07 Å². The van der Waals surface area contributed by atoms with Gasteiger partial charge in [0.25, 0.3) is 0 Å². The summed E-state index contributed by atoms with van der Waals surface area (Å²) in [6.07, 6.45) is 17.0. The van der Waals surface area contributed by atoms with E-state index in [0.29, 0.717) is 12.1 Å². The van der Waals surface area contributed by atoms with E-state index in [9.17, 15) is 0 Å². The molecule has 0 saturated carbocycles. The number of hydrogen-bond acceptors (Lipinski definition) is 3. The monoisotopic (exact) mass is 225 g/mol. The molecule has 0 saturated heterocycles. The summed E-state index contributed by atoms with van der Waals surface area (Å²) in [6, 6.07) is 2.11. The summed E-state index contributed by atoms with van der Waals surface area (Å²) >= 11 is 0. The first-order valence-corrected chi connectivity index (χ1v) is 5.42. The number of hydrogen-bond donors (Lipinski definition) is 1. The molecule has 0 aromatic rings. The maximum atomic E-state index is 8.85. The summed E-state index contributed by atoms with van der Waals surface area (Å²) in [5, 5.41) is 8.85. The Bertz CT molecular complexity index is 454. The summed E-state index contributed by atoms with van der Waals surface area (Å²) in [5.74, 6) is 0. The van der Waals surface area contributed by atoms with Crippen LogP contribution >= 0.6 is 0 Å². The molecule has 1 heterocycles. The van der Waals surface area contributed by atoms with Gasteiger partial charge in [0.2, 0.25) is 0 Å². The number of nitrogens with two attached hydrogens (primary N) is 1. The fourth-order valence-electron chi connectivity index (χ4n) is 1.21. The van der Waals surface area contributed by atoms with Crippen molar-refractivity contribution in [1.82, 2.24) is 0 Å². The lowest BCUT2D eigenvalue weighted by molar-refractivity contribution is 1.04. The number of nitrogens with zero attached hydrogens (tertiary/aromatic N) is 2. The molecule has 0 amide bonds. The van der Waals surface area contributed by atoms with Crippen molar-refractivity contribution in [1.29, 1.82) is 5.26 Å². The van der Waals surface area contributed by atoms with E-state index < -0.39 is 0 Å². The first-order chi connectivity index (χ1) is 8.36. The zero-order valence-corrected chi connectivity index (χ0v) is 9.58. The molecule has 0 aromatic carbocycles. The molecule has 17 heavy (non-hydrogen) atoms. The van der Waals surface area contributed by atoms with Crippen LogP contribution in [-0.2, 0) is 0 Å². The Morgan fingerprint density at radius 1 is 1.12 bits per heavy atom. The van der Waals surface area contributed by atoms with Gasteiger partial charge in [-0.15, -0.1) is 0 Å². The SMILES string of the molecule is N#CC1=C/C=C/C=C/N=C(CCN)\C=C/C=C1. The Labute approximate surface area is 102 Å². The van der Waals surface area contributed by atoms with E-state index in [1.807, 2.05) is 36.5 Å². The molecule has 1 aliphatic heterocycles. The van der Waals surface area contributed by atoms with Crippen molar-refractivity contribution < 1.29 is 0 Å². The van der Waals surface area contributed by atoms with Crippen LogP contribution in [-0.4, -0.2) is 12.3 Å². The average Bonchev–Trinajstić information content (AvgIpc) is 2.33. The Balaban J connectivity index is 2.92. The largest absolute Gasteiger partial charge is 0.330 e. The molecule has 1 rings (SSSR count). The summed E-state index contributed by atoms with van der Waals surface area (Å²) < 4.78 is 0. The van der Waals surface area contributed by atoms with Crippen LogP contribution in [0, 0.1) is 11.3 Å². The quantitative estimate of drug-likeness (QED) is 0.784. The normalized spacial score (nSPS) is 24.2. The second-order valence-electron chi connectivity index (χ2n) is 3.34. The molecule has 0 aliphatic carbocycles. The highest BCUT2D eigenvalue weighted by Crippen LogP contribution is 1.98. The Morgan fingerprint density at radius 3 is 2.71 bits per heavy atom. The molecular formula is C14H15N3. The van der Waals surface area contributed by atoms with E-state index in [4.69, 9.17) is 11.0 Å². The van der Waals surface area contributed by atoms with E-state index >= 15 is 0 Å². The van der Waals surface area contributed by atoms with Crippen LogP contribution in [0.2, 0.25) is 0 Å². The minimum atomic E-state index is 0.569. The van der Waals surface area contributed by atoms with Gasteiger partial charge in [-0.1, -0.05) is 24.3 Å². The minimum Gasteiger partial charge on any atom is -0.330 e. The third-order valence-corrected chi connectivity index (χ3v) is 2.03. The molecule has 0 spiro atoms. The first-order valence-electron chi connectivity index (χ1n) is 5.42. The second-order valence-corrected chi connectivity index (χ2v) is 3.34. The Kier molecular flexibility index (Phi) is 6.09. The van der Waals surface area contributed by atoms with E-state index in [1.165, 1.54) is 0 Å². The van der Waals surface area contributed by atoms with E-state index in [0.717, 1.165) is 12.1 Å². The molecule has 0 radical (unpaired) electrons. The highest BCUT2D eigenvalue weighted by molar-refractivity contribution is 5.95. The van der Waals surface area contributed by atoms with Crippen molar-refractivity contribution in [3.05, 3.63) is 60.4 Å². The second kappa shape index (κ2) is 8.03. The molecular weight excluding hydrogens is 210 g/mol. The molecule has 0 aromatic heterocycles. The molecule has 3 heteroatoms. The molecule has 3 nitrogen and oxygen atoms in total. The molecule has 2 N–H and O–H groups in total. The van der Waals surface area contributed by atoms with Crippen LogP contribution < -0.4 is 5.73 Å². The van der Waals surface area contributed by atoms with E-state index in [1.54, 1.807) is 18.4 Å². The summed E-state index contributed by atoms with van der Waals surface area (Å²) in [7, 11) is 0. The standard InChI is InChI=1S/C14H15N3/c15-10-9-14-8-4-3-7-13(12-16)6-2-1-5-11-17-14/h1-8,11H,9-10,15H2/b2-1+,4-3?,5-1?,6-2?,7-3?,8-4-,11-5+,13-6?,13-7?,14-8?,17-11?,17-14+. The maximum Gasteiger partial charge on any atom is 0.0991 e. The number of aliphatic imine (C=N–C) groups is 1. The van der Waals surface area contributed by atoms with Gasteiger partial charge in [-0.2, -0.15) is 5.26 Å². The molecule has 86 valence electrons. The van der Waals surface area contributed by atoms with Gasteiger partial charge in [0.05, 0.1) is 11.6 Å². The third-order valence-electron chi connectivity index (χ3n) is 2.03. The fourth-order valence-corrected chi connectivity index (χ4v) is 1.21. The molecule has 0 bridgehead atoms. The zero-order valence-electron chi connectivity index (χ0n) is 9.58. The predicted molar refractivity (Wildman–Crippen MR) is 71.4 cm³/mol. The van der Waals surface area contributed by atoms with Crippen LogP contribution in [0.1, 0.15) is 6.42 Å². The van der Waals surface area contributed by atoms with Crippen molar-refractivity contribution in [2.24, 2.45) is 10.7 Å². The molecule has 0 atom stereocenters. The fraction of sp³-hybridized carbons (Fsp3) is 0.143. The van der Waals surface area contributed by atoms with Crippen molar-refractivity contribution in [2.75, 3.05) is 6.54 Å². The Hall–Kier alpha value is -2.18. The van der Waals surface area contributed by atoms with Crippen LogP contribution in [0.25, 0.3) is 0 Å². The number of allylic oxidation sites excluding steroid dienone is 9. The number of nitriles is 1. The summed E-state index contributed by atoms with van der Waals surface area (Å²) in [4.78, 5) is 4.28. The molecule has 0 fully saturated rings. The minimum absolute atomic E-state index is 0.569. The van der Waals surface area contributed by atoms with Crippen LogP contribution in [0.4, 0.5) is 0 Å². The average molecular weight is 225 g/mol. The smallest absolute Gasteiger partial charge is 0.0991 e. The van der Waals surface area contributed by atoms with Crippen LogP contribution in [0.15, 0.2) is 65.4 Å². The van der Waals surface area contributed by atoms with Crippen molar-refractivity contribution >= 4 is 5.71 Å². The Morgan fingerprint density at radius 2 is 1.94 bits per heavy atom. The third kappa shape index (κ3) is 5.45. The predicted octanol–water partition coefficient (Wildman–Crippen LogP) is 2.42. The highest BCUT2D eigenvalue weighted by Gasteiger charge is 1.90. The van der Waals surface area contributed by atoms with Crippen molar-refractivity contribution in [2.45, 2.75) is 6.42 Å². The van der Waals surface area contributed by atoms with Crippen molar-refractivity contribution in [3.63, 3.8) is 0 Å². The first kappa shape index (κ1) is 12.9. The maximum absolute atomic E-state index is 8.85. The van der Waals surface area contributed by atoms with Crippen LogP contribution in [0.5, 0.6) is 0 Å². The number of rotatable bonds is 2. The van der Waals surface area contributed by atoms with Gasteiger partial charge < -0.3 is 5.73 Å². The lowest BCUT2D eigenvalue weighted by Crippen LogP contribution is -2.05. The van der Waals surface area contributed by atoms with Gasteiger partial charge in [0.15, 0.2) is 0 Å². The lowest BCUT2D eigenvalue weighted by atomic mass is 10.2. The van der Waals surface area contributed by atoms with Gasteiger partial charge in [-0.05, 0) is 30.8 Å².